The van der Waals surface area contributed by atoms with Crippen LogP contribution >= 0.6 is 0 Å². The Morgan fingerprint density at radius 3 is 2.71 bits per heavy atom. The molecule has 0 bridgehead atoms. The van der Waals surface area contributed by atoms with Gasteiger partial charge < -0.3 is 14.8 Å². The van der Waals surface area contributed by atoms with Crippen LogP contribution in [0.5, 0.6) is 11.5 Å². The van der Waals surface area contributed by atoms with E-state index in [9.17, 15) is 13.6 Å². The SMILES string of the molecule is COc1ccc(CNC(=O)CCCOc2cccc(F)c2)cc1F. The smallest absolute Gasteiger partial charge is 0.220 e. The number of amides is 1. The summed E-state index contributed by atoms with van der Waals surface area (Å²) in [6.07, 6.45) is 0.771. The number of benzene rings is 2. The molecule has 0 atom stereocenters. The predicted octanol–water partition coefficient (Wildman–Crippen LogP) is 3.45. The van der Waals surface area contributed by atoms with Crippen molar-refractivity contribution in [3.05, 3.63) is 59.7 Å². The summed E-state index contributed by atoms with van der Waals surface area (Å²) in [7, 11) is 1.39. The molecule has 0 radical (unpaired) electrons. The average Bonchev–Trinajstić information content (AvgIpc) is 2.57. The number of methoxy groups -OCH3 is 1. The van der Waals surface area contributed by atoms with Gasteiger partial charge in [-0.15, -0.1) is 0 Å². The fourth-order valence-corrected chi connectivity index (χ4v) is 2.09. The van der Waals surface area contributed by atoms with E-state index in [1.54, 1.807) is 18.2 Å². The Labute approximate surface area is 139 Å². The molecule has 6 heteroatoms. The molecule has 0 aliphatic rings. The van der Waals surface area contributed by atoms with E-state index in [0.717, 1.165) is 0 Å². The minimum absolute atomic E-state index is 0.158. The lowest BCUT2D eigenvalue weighted by Gasteiger charge is -2.08. The third-order valence-corrected chi connectivity index (χ3v) is 3.32. The molecule has 0 saturated carbocycles. The lowest BCUT2D eigenvalue weighted by molar-refractivity contribution is -0.121. The van der Waals surface area contributed by atoms with Gasteiger partial charge in [-0.2, -0.15) is 0 Å². The van der Waals surface area contributed by atoms with Gasteiger partial charge in [0.1, 0.15) is 11.6 Å². The van der Waals surface area contributed by atoms with Crippen LogP contribution in [0.4, 0.5) is 8.78 Å². The number of hydrogen-bond acceptors (Lipinski definition) is 3. The molecule has 2 aromatic rings. The molecule has 0 aliphatic carbocycles. The van der Waals surface area contributed by atoms with Crippen molar-refractivity contribution in [1.29, 1.82) is 0 Å². The number of hydrogen-bond donors (Lipinski definition) is 1. The normalized spacial score (nSPS) is 10.3. The van der Waals surface area contributed by atoms with E-state index in [2.05, 4.69) is 5.32 Å². The van der Waals surface area contributed by atoms with Crippen LogP contribution in [0, 0.1) is 11.6 Å². The fourth-order valence-electron chi connectivity index (χ4n) is 2.09. The van der Waals surface area contributed by atoms with Crippen LogP contribution in [0.1, 0.15) is 18.4 Å². The zero-order valence-corrected chi connectivity index (χ0v) is 13.4. The molecule has 0 aliphatic heterocycles. The molecule has 2 rings (SSSR count). The number of halogens is 2. The van der Waals surface area contributed by atoms with Gasteiger partial charge >= 0.3 is 0 Å². The third-order valence-electron chi connectivity index (χ3n) is 3.32. The maximum absolute atomic E-state index is 13.5. The molecule has 0 spiro atoms. The molecule has 1 amide bonds. The summed E-state index contributed by atoms with van der Waals surface area (Å²) in [5.74, 6) is -0.387. The minimum atomic E-state index is -0.465. The van der Waals surface area contributed by atoms with E-state index in [4.69, 9.17) is 9.47 Å². The number of carbonyl (C=O) groups excluding carboxylic acids is 1. The zero-order chi connectivity index (χ0) is 17.4. The van der Waals surface area contributed by atoms with E-state index in [1.165, 1.54) is 31.4 Å². The lowest BCUT2D eigenvalue weighted by atomic mass is 10.2. The predicted molar refractivity (Wildman–Crippen MR) is 85.9 cm³/mol. The van der Waals surface area contributed by atoms with Gasteiger partial charge in [0.25, 0.3) is 0 Å². The zero-order valence-electron chi connectivity index (χ0n) is 13.4. The molecule has 0 heterocycles. The van der Waals surface area contributed by atoms with E-state index in [0.29, 0.717) is 24.3 Å². The summed E-state index contributed by atoms with van der Waals surface area (Å²) in [4.78, 5) is 11.7. The van der Waals surface area contributed by atoms with Gasteiger partial charge in [-0.3, -0.25) is 4.79 Å². The van der Waals surface area contributed by atoms with Gasteiger partial charge in [-0.1, -0.05) is 12.1 Å². The van der Waals surface area contributed by atoms with Crippen LogP contribution in [-0.2, 0) is 11.3 Å². The van der Waals surface area contributed by atoms with Crippen molar-refractivity contribution < 1.29 is 23.0 Å². The topological polar surface area (TPSA) is 47.6 Å². The Morgan fingerprint density at radius 2 is 2.00 bits per heavy atom. The highest BCUT2D eigenvalue weighted by Crippen LogP contribution is 2.17. The molecule has 0 saturated heterocycles. The molecule has 1 N–H and O–H groups in total. The van der Waals surface area contributed by atoms with Crippen LogP contribution in [0.15, 0.2) is 42.5 Å². The van der Waals surface area contributed by atoms with E-state index in [-0.39, 0.29) is 30.4 Å². The van der Waals surface area contributed by atoms with Crippen molar-refractivity contribution in [2.24, 2.45) is 0 Å². The van der Waals surface area contributed by atoms with Crippen molar-refractivity contribution >= 4 is 5.91 Å². The van der Waals surface area contributed by atoms with Gasteiger partial charge in [0, 0.05) is 19.0 Å². The summed E-state index contributed by atoms with van der Waals surface area (Å²) in [6.45, 7) is 0.554. The highest BCUT2D eigenvalue weighted by Gasteiger charge is 2.06. The van der Waals surface area contributed by atoms with Crippen molar-refractivity contribution in [2.45, 2.75) is 19.4 Å². The largest absolute Gasteiger partial charge is 0.494 e. The van der Waals surface area contributed by atoms with E-state index in [1.807, 2.05) is 0 Å². The monoisotopic (exact) mass is 335 g/mol. The first-order valence-electron chi connectivity index (χ1n) is 7.56. The molecular formula is C18H19F2NO3. The van der Waals surface area contributed by atoms with Crippen molar-refractivity contribution in [1.82, 2.24) is 5.32 Å². The number of nitrogens with one attached hydrogen (secondary N) is 1. The van der Waals surface area contributed by atoms with Gasteiger partial charge in [-0.05, 0) is 36.2 Å². The van der Waals surface area contributed by atoms with Crippen molar-refractivity contribution in [3.8, 4) is 11.5 Å². The minimum Gasteiger partial charge on any atom is -0.494 e. The highest BCUT2D eigenvalue weighted by molar-refractivity contribution is 5.75. The molecule has 24 heavy (non-hydrogen) atoms. The summed E-state index contributed by atoms with van der Waals surface area (Å²) < 4.78 is 36.7. The Balaban J connectivity index is 1.67. The second-order valence-electron chi connectivity index (χ2n) is 5.16. The average molecular weight is 335 g/mol. The first kappa shape index (κ1) is 17.7. The molecule has 0 unspecified atom stereocenters. The maximum atomic E-state index is 13.5. The maximum Gasteiger partial charge on any atom is 0.220 e. The Kier molecular flexibility index (Phi) is 6.54. The Morgan fingerprint density at radius 1 is 1.17 bits per heavy atom. The van der Waals surface area contributed by atoms with Crippen LogP contribution in [-0.4, -0.2) is 19.6 Å². The standard InChI is InChI=1S/C18H19F2NO3/c1-23-17-8-7-13(10-16(17)20)12-21-18(22)6-3-9-24-15-5-2-4-14(19)11-15/h2,4-5,7-8,10-11H,3,6,9,12H2,1H3,(H,21,22). The quantitative estimate of drug-likeness (QED) is 0.752. The molecule has 4 nitrogen and oxygen atoms in total. The Bertz CT molecular complexity index is 692. The van der Waals surface area contributed by atoms with Gasteiger partial charge in [0.15, 0.2) is 11.6 Å². The van der Waals surface area contributed by atoms with Gasteiger partial charge in [0.05, 0.1) is 13.7 Å². The molecule has 0 fully saturated rings. The van der Waals surface area contributed by atoms with Crippen LogP contribution in [0.3, 0.4) is 0 Å². The number of carbonyl (C=O) groups is 1. The van der Waals surface area contributed by atoms with Crippen molar-refractivity contribution in [3.63, 3.8) is 0 Å². The van der Waals surface area contributed by atoms with Crippen LogP contribution < -0.4 is 14.8 Å². The summed E-state index contributed by atoms with van der Waals surface area (Å²) in [5, 5.41) is 2.71. The fraction of sp³-hybridized carbons (Fsp3) is 0.278. The summed E-state index contributed by atoms with van der Waals surface area (Å²) in [6, 6.07) is 10.4. The third kappa shape index (κ3) is 5.53. The van der Waals surface area contributed by atoms with Crippen LogP contribution in [0.2, 0.25) is 0 Å². The van der Waals surface area contributed by atoms with Crippen molar-refractivity contribution in [2.75, 3.05) is 13.7 Å². The molecule has 0 aromatic heterocycles. The second-order valence-corrected chi connectivity index (χ2v) is 5.16. The Hall–Kier alpha value is -2.63. The lowest BCUT2D eigenvalue weighted by Crippen LogP contribution is -2.23. The number of rotatable bonds is 8. The highest BCUT2D eigenvalue weighted by atomic mass is 19.1. The first-order chi connectivity index (χ1) is 11.6. The molecular weight excluding hydrogens is 316 g/mol. The van der Waals surface area contributed by atoms with Gasteiger partial charge in [-0.25, -0.2) is 8.78 Å². The first-order valence-corrected chi connectivity index (χ1v) is 7.56. The summed E-state index contributed by atoms with van der Waals surface area (Å²) >= 11 is 0. The van der Waals surface area contributed by atoms with E-state index >= 15 is 0 Å². The summed E-state index contributed by atoms with van der Waals surface area (Å²) in [5.41, 5.74) is 0.651. The number of ether oxygens (including phenoxy) is 2. The van der Waals surface area contributed by atoms with E-state index < -0.39 is 5.82 Å². The van der Waals surface area contributed by atoms with Crippen LogP contribution in [0.25, 0.3) is 0 Å². The second kappa shape index (κ2) is 8.86. The molecule has 128 valence electrons. The van der Waals surface area contributed by atoms with Gasteiger partial charge in [0.2, 0.25) is 5.91 Å². The molecule has 2 aromatic carbocycles.